The molecule has 0 aromatic heterocycles. The molecule has 14 heavy (non-hydrogen) atoms. The van der Waals surface area contributed by atoms with Gasteiger partial charge in [-0.25, -0.2) is 0 Å². The Morgan fingerprint density at radius 1 is 1.36 bits per heavy atom. The first kappa shape index (κ1) is 12.0. The van der Waals surface area contributed by atoms with Crippen LogP contribution in [0, 0.1) is 5.92 Å². The van der Waals surface area contributed by atoms with Crippen LogP contribution in [0.25, 0.3) is 0 Å². The van der Waals surface area contributed by atoms with Gasteiger partial charge >= 0.3 is 0 Å². The van der Waals surface area contributed by atoms with Crippen LogP contribution < -0.4 is 0 Å². The molecule has 0 radical (unpaired) electrons. The molecule has 2 unspecified atom stereocenters. The van der Waals surface area contributed by atoms with Crippen LogP contribution in [0.1, 0.15) is 60.3 Å². The molecule has 84 valence electrons. The molecule has 1 rings (SSSR count). The molecule has 0 aliphatic carbocycles. The maximum atomic E-state index is 2.72. The van der Waals surface area contributed by atoms with Crippen LogP contribution in [0.5, 0.6) is 0 Å². The molecule has 0 N–H and O–H groups in total. The lowest BCUT2D eigenvalue weighted by atomic mass is 9.92. The quantitative estimate of drug-likeness (QED) is 0.667. The molecule has 0 aromatic carbocycles. The van der Waals surface area contributed by atoms with Gasteiger partial charge in [-0.3, -0.25) is 4.90 Å². The molecule has 2 atom stereocenters. The van der Waals surface area contributed by atoms with Crippen molar-refractivity contribution in [3.8, 4) is 0 Å². The molecular formula is C13H27N. The second-order valence-electron chi connectivity index (χ2n) is 5.84. The van der Waals surface area contributed by atoms with Crippen molar-refractivity contribution in [1.29, 1.82) is 0 Å². The maximum absolute atomic E-state index is 2.72. The van der Waals surface area contributed by atoms with Gasteiger partial charge in [0.2, 0.25) is 0 Å². The van der Waals surface area contributed by atoms with Gasteiger partial charge in [-0.15, -0.1) is 0 Å². The Hall–Kier alpha value is -0.0400. The second-order valence-corrected chi connectivity index (χ2v) is 5.84. The van der Waals surface area contributed by atoms with Crippen LogP contribution in [0.4, 0.5) is 0 Å². The van der Waals surface area contributed by atoms with Crippen LogP contribution in [0.3, 0.4) is 0 Å². The van der Waals surface area contributed by atoms with Crippen LogP contribution in [0.15, 0.2) is 0 Å². The molecule has 0 bridgehead atoms. The lowest BCUT2D eigenvalue weighted by Crippen LogP contribution is -2.46. The normalized spacial score (nSPS) is 26.8. The van der Waals surface area contributed by atoms with Crippen molar-refractivity contribution in [3.63, 3.8) is 0 Å². The lowest BCUT2D eigenvalue weighted by molar-refractivity contribution is 0.0881. The fraction of sp³-hybridized carbons (Fsp3) is 1.00. The summed E-state index contributed by atoms with van der Waals surface area (Å²) in [6.07, 6.45) is 5.53. The number of rotatable bonds is 3. The first-order valence-electron chi connectivity index (χ1n) is 6.23. The molecular weight excluding hydrogens is 170 g/mol. The average molecular weight is 197 g/mol. The van der Waals surface area contributed by atoms with Crippen molar-refractivity contribution in [2.24, 2.45) is 5.92 Å². The highest BCUT2D eigenvalue weighted by Gasteiger charge is 2.35. The molecule has 1 heteroatoms. The molecule has 0 spiro atoms. The van der Waals surface area contributed by atoms with E-state index in [2.05, 4.69) is 39.5 Å². The Morgan fingerprint density at radius 3 is 2.50 bits per heavy atom. The van der Waals surface area contributed by atoms with Crippen molar-refractivity contribution in [1.82, 2.24) is 4.90 Å². The zero-order valence-corrected chi connectivity index (χ0v) is 10.6. The van der Waals surface area contributed by atoms with Gasteiger partial charge in [-0.1, -0.05) is 20.3 Å². The van der Waals surface area contributed by atoms with Gasteiger partial charge < -0.3 is 0 Å². The third-order valence-electron chi connectivity index (χ3n) is 3.56. The van der Waals surface area contributed by atoms with Gasteiger partial charge in [0.15, 0.2) is 0 Å². The molecule has 1 fully saturated rings. The van der Waals surface area contributed by atoms with Crippen LogP contribution in [-0.4, -0.2) is 23.0 Å². The zero-order chi connectivity index (χ0) is 10.8. The summed E-state index contributed by atoms with van der Waals surface area (Å²) in [5.41, 5.74) is 0.364. The monoisotopic (exact) mass is 197 g/mol. The predicted molar refractivity (Wildman–Crippen MR) is 63.6 cm³/mol. The molecule has 1 aliphatic heterocycles. The summed E-state index contributed by atoms with van der Waals surface area (Å²) >= 11 is 0. The molecule has 1 heterocycles. The summed E-state index contributed by atoms with van der Waals surface area (Å²) in [7, 11) is 0. The van der Waals surface area contributed by atoms with Crippen molar-refractivity contribution < 1.29 is 0 Å². The van der Waals surface area contributed by atoms with Gasteiger partial charge in [-0.2, -0.15) is 0 Å². The smallest absolute Gasteiger partial charge is 0.0128 e. The Labute approximate surface area is 89.9 Å². The third kappa shape index (κ3) is 2.73. The Balaban J connectivity index is 2.59. The number of hydrogen-bond donors (Lipinski definition) is 0. The zero-order valence-electron chi connectivity index (χ0n) is 10.6. The largest absolute Gasteiger partial charge is 0.295 e. The molecule has 1 aliphatic rings. The average Bonchev–Trinajstić information content (AvgIpc) is 2.50. The highest BCUT2D eigenvalue weighted by molar-refractivity contribution is 4.90. The van der Waals surface area contributed by atoms with Crippen molar-refractivity contribution in [2.75, 3.05) is 6.54 Å². The van der Waals surface area contributed by atoms with Crippen LogP contribution in [0.2, 0.25) is 0 Å². The van der Waals surface area contributed by atoms with E-state index in [1.165, 1.54) is 32.2 Å². The van der Waals surface area contributed by atoms with E-state index in [-0.39, 0.29) is 0 Å². The first-order valence-corrected chi connectivity index (χ1v) is 6.23. The van der Waals surface area contributed by atoms with E-state index in [0.717, 1.165) is 12.0 Å². The molecule has 1 nitrogen and oxygen atoms in total. The summed E-state index contributed by atoms with van der Waals surface area (Å²) in [6, 6.07) is 0.843. The van der Waals surface area contributed by atoms with Crippen molar-refractivity contribution in [3.05, 3.63) is 0 Å². The van der Waals surface area contributed by atoms with Gasteiger partial charge in [-0.05, 0) is 52.5 Å². The summed E-state index contributed by atoms with van der Waals surface area (Å²) in [5, 5.41) is 0. The molecule has 0 aromatic rings. The van der Waals surface area contributed by atoms with E-state index in [1.54, 1.807) is 0 Å². The summed E-state index contributed by atoms with van der Waals surface area (Å²) in [5.74, 6) is 0.877. The van der Waals surface area contributed by atoms with E-state index < -0.39 is 0 Å². The minimum absolute atomic E-state index is 0.364. The van der Waals surface area contributed by atoms with Gasteiger partial charge in [0.1, 0.15) is 0 Å². The SMILES string of the molecule is CCCC(C)C1CCCN1C(C)(C)C. The maximum Gasteiger partial charge on any atom is 0.0128 e. The second kappa shape index (κ2) is 4.65. The number of nitrogens with zero attached hydrogens (tertiary/aromatic N) is 1. The van der Waals surface area contributed by atoms with Gasteiger partial charge in [0.25, 0.3) is 0 Å². The molecule has 0 saturated carbocycles. The minimum Gasteiger partial charge on any atom is -0.295 e. The third-order valence-corrected chi connectivity index (χ3v) is 3.56. The van der Waals surface area contributed by atoms with Gasteiger partial charge in [0.05, 0.1) is 0 Å². The van der Waals surface area contributed by atoms with Crippen molar-refractivity contribution >= 4 is 0 Å². The van der Waals surface area contributed by atoms with E-state index >= 15 is 0 Å². The lowest BCUT2D eigenvalue weighted by Gasteiger charge is -2.39. The molecule has 0 amide bonds. The van der Waals surface area contributed by atoms with Gasteiger partial charge in [0, 0.05) is 11.6 Å². The highest BCUT2D eigenvalue weighted by atomic mass is 15.2. The fourth-order valence-electron chi connectivity index (χ4n) is 2.86. The van der Waals surface area contributed by atoms with E-state index in [0.29, 0.717) is 5.54 Å². The first-order chi connectivity index (χ1) is 6.46. The number of hydrogen-bond acceptors (Lipinski definition) is 1. The number of likely N-dealkylation sites (tertiary alicyclic amines) is 1. The molecule has 1 saturated heterocycles. The standard InChI is InChI=1S/C13H27N/c1-6-8-11(2)12-9-7-10-14(12)13(3,4)5/h11-12H,6-10H2,1-5H3. The Morgan fingerprint density at radius 2 is 2.00 bits per heavy atom. The van der Waals surface area contributed by atoms with E-state index in [1.807, 2.05) is 0 Å². The fourth-order valence-corrected chi connectivity index (χ4v) is 2.86. The summed E-state index contributed by atoms with van der Waals surface area (Å²) in [6.45, 7) is 13.1. The van der Waals surface area contributed by atoms with Crippen LogP contribution >= 0.6 is 0 Å². The highest BCUT2D eigenvalue weighted by Crippen LogP contribution is 2.32. The van der Waals surface area contributed by atoms with Crippen LogP contribution in [-0.2, 0) is 0 Å². The Bertz CT molecular complexity index is 169. The van der Waals surface area contributed by atoms with E-state index in [9.17, 15) is 0 Å². The van der Waals surface area contributed by atoms with E-state index in [4.69, 9.17) is 0 Å². The minimum atomic E-state index is 0.364. The topological polar surface area (TPSA) is 3.24 Å². The summed E-state index contributed by atoms with van der Waals surface area (Å²) in [4.78, 5) is 2.72. The predicted octanol–water partition coefficient (Wildman–Crippen LogP) is 3.69. The summed E-state index contributed by atoms with van der Waals surface area (Å²) < 4.78 is 0. The Kier molecular flexibility index (Phi) is 4.00. The van der Waals surface area contributed by atoms with Crippen molar-refractivity contribution in [2.45, 2.75) is 71.9 Å².